The standard InChI is InChI=1S/C17H17N3O4S/c1-23-12-4-3-10(7-13(12)24-2)5-6-18-15-11-8-14(17(21)22)25-16(11)20-9-19-15/h3-4,7-9H,5-6H2,1-2H3,(H,21,22)(H,18,19,20). The predicted molar refractivity (Wildman–Crippen MR) is 96.1 cm³/mol. The third kappa shape index (κ3) is 3.63. The maximum absolute atomic E-state index is 11.1. The van der Waals surface area contributed by atoms with Crippen molar-refractivity contribution in [2.45, 2.75) is 6.42 Å². The number of methoxy groups -OCH3 is 2. The highest BCUT2D eigenvalue weighted by Gasteiger charge is 2.13. The lowest BCUT2D eigenvalue weighted by molar-refractivity contribution is 0.0702. The first-order valence-electron chi connectivity index (χ1n) is 7.55. The highest BCUT2D eigenvalue weighted by molar-refractivity contribution is 7.20. The number of benzene rings is 1. The Morgan fingerprint density at radius 1 is 1.20 bits per heavy atom. The quantitative estimate of drug-likeness (QED) is 0.669. The van der Waals surface area contributed by atoms with E-state index in [1.807, 2.05) is 18.2 Å². The number of ether oxygens (including phenoxy) is 2. The van der Waals surface area contributed by atoms with Gasteiger partial charge in [-0.25, -0.2) is 14.8 Å². The van der Waals surface area contributed by atoms with E-state index in [1.165, 1.54) is 6.33 Å². The monoisotopic (exact) mass is 359 g/mol. The summed E-state index contributed by atoms with van der Waals surface area (Å²) >= 11 is 1.14. The van der Waals surface area contributed by atoms with Gasteiger partial charge in [0.05, 0.1) is 19.6 Å². The Balaban J connectivity index is 1.72. The second kappa shape index (κ2) is 7.35. The van der Waals surface area contributed by atoms with Gasteiger partial charge in [0.1, 0.15) is 21.9 Å². The molecule has 0 unspecified atom stereocenters. The average Bonchev–Trinajstić information content (AvgIpc) is 3.07. The van der Waals surface area contributed by atoms with Crippen LogP contribution in [0.3, 0.4) is 0 Å². The predicted octanol–water partition coefficient (Wildman–Crippen LogP) is 3.06. The van der Waals surface area contributed by atoms with E-state index >= 15 is 0 Å². The number of hydrogen-bond donors (Lipinski definition) is 2. The average molecular weight is 359 g/mol. The number of carboxylic acids is 1. The number of anilines is 1. The summed E-state index contributed by atoms with van der Waals surface area (Å²) in [6.07, 6.45) is 2.19. The molecule has 25 heavy (non-hydrogen) atoms. The molecule has 0 amide bonds. The molecule has 0 radical (unpaired) electrons. The highest BCUT2D eigenvalue weighted by atomic mass is 32.1. The summed E-state index contributed by atoms with van der Waals surface area (Å²) in [6, 6.07) is 7.38. The van der Waals surface area contributed by atoms with Crippen LogP contribution in [0.1, 0.15) is 15.2 Å². The van der Waals surface area contributed by atoms with Crippen LogP contribution in [-0.2, 0) is 6.42 Å². The molecule has 130 valence electrons. The van der Waals surface area contributed by atoms with Crippen molar-refractivity contribution >= 4 is 33.3 Å². The van der Waals surface area contributed by atoms with Crippen LogP contribution in [0.5, 0.6) is 11.5 Å². The molecule has 0 fully saturated rings. The van der Waals surface area contributed by atoms with Crippen LogP contribution < -0.4 is 14.8 Å². The van der Waals surface area contributed by atoms with Gasteiger partial charge in [0.15, 0.2) is 11.5 Å². The van der Waals surface area contributed by atoms with E-state index in [1.54, 1.807) is 20.3 Å². The van der Waals surface area contributed by atoms with E-state index in [-0.39, 0.29) is 4.88 Å². The van der Waals surface area contributed by atoms with Gasteiger partial charge in [0, 0.05) is 6.54 Å². The van der Waals surface area contributed by atoms with E-state index in [0.29, 0.717) is 28.7 Å². The van der Waals surface area contributed by atoms with Crippen molar-refractivity contribution in [3.8, 4) is 11.5 Å². The molecule has 2 aromatic heterocycles. The highest BCUT2D eigenvalue weighted by Crippen LogP contribution is 2.29. The van der Waals surface area contributed by atoms with Crippen LogP contribution >= 0.6 is 11.3 Å². The van der Waals surface area contributed by atoms with Crippen molar-refractivity contribution in [1.82, 2.24) is 9.97 Å². The summed E-state index contributed by atoms with van der Waals surface area (Å²) in [5.41, 5.74) is 1.09. The summed E-state index contributed by atoms with van der Waals surface area (Å²) < 4.78 is 10.5. The lowest BCUT2D eigenvalue weighted by atomic mass is 10.1. The largest absolute Gasteiger partial charge is 0.493 e. The summed E-state index contributed by atoms with van der Waals surface area (Å²) in [6.45, 7) is 0.639. The zero-order chi connectivity index (χ0) is 17.8. The maximum Gasteiger partial charge on any atom is 0.345 e. The van der Waals surface area contributed by atoms with Crippen LogP contribution in [0, 0.1) is 0 Å². The number of nitrogens with one attached hydrogen (secondary N) is 1. The zero-order valence-corrected chi connectivity index (χ0v) is 14.6. The van der Waals surface area contributed by atoms with Crippen LogP contribution in [0.4, 0.5) is 5.82 Å². The molecule has 1 aromatic carbocycles. The van der Waals surface area contributed by atoms with Gasteiger partial charge >= 0.3 is 5.97 Å². The Morgan fingerprint density at radius 2 is 2.00 bits per heavy atom. The molecule has 2 N–H and O–H groups in total. The number of aromatic carboxylic acids is 1. The number of thiophene rings is 1. The smallest absolute Gasteiger partial charge is 0.345 e. The Kier molecular flexibility index (Phi) is 4.99. The molecule has 0 saturated heterocycles. The first kappa shape index (κ1) is 17.0. The van der Waals surface area contributed by atoms with Crippen LogP contribution in [0.15, 0.2) is 30.6 Å². The topological polar surface area (TPSA) is 93.6 Å². The molecule has 2 heterocycles. The minimum Gasteiger partial charge on any atom is -0.493 e. The third-order valence-corrected chi connectivity index (χ3v) is 4.73. The first-order valence-corrected chi connectivity index (χ1v) is 8.36. The molecule has 0 aliphatic heterocycles. The van der Waals surface area contributed by atoms with Crippen LogP contribution in [0.2, 0.25) is 0 Å². The Bertz CT molecular complexity index is 910. The van der Waals surface area contributed by atoms with Crippen molar-refractivity contribution in [3.05, 3.63) is 41.0 Å². The van der Waals surface area contributed by atoms with Gasteiger partial charge in [0.25, 0.3) is 0 Å². The second-order valence-corrected chi connectivity index (χ2v) is 6.25. The molecule has 3 aromatic rings. The lowest BCUT2D eigenvalue weighted by Crippen LogP contribution is -2.07. The minimum atomic E-state index is -0.959. The molecular formula is C17H17N3O4S. The lowest BCUT2D eigenvalue weighted by Gasteiger charge is -2.10. The van der Waals surface area contributed by atoms with Gasteiger partial charge in [-0.3, -0.25) is 0 Å². The van der Waals surface area contributed by atoms with Crippen molar-refractivity contribution in [2.24, 2.45) is 0 Å². The van der Waals surface area contributed by atoms with Crippen LogP contribution in [0.25, 0.3) is 10.2 Å². The summed E-state index contributed by atoms with van der Waals surface area (Å²) in [5.74, 6) is 1.05. The van der Waals surface area contributed by atoms with Crippen molar-refractivity contribution < 1.29 is 19.4 Å². The number of carboxylic acid groups (broad SMARTS) is 1. The van der Waals surface area contributed by atoms with Gasteiger partial charge < -0.3 is 19.9 Å². The first-order chi connectivity index (χ1) is 12.1. The summed E-state index contributed by atoms with van der Waals surface area (Å²) in [4.78, 5) is 20.4. The zero-order valence-electron chi connectivity index (χ0n) is 13.8. The van der Waals surface area contributed by atoms with Crippen molar-refractivity contribution in [3.63, 3.8) is 0 Å². The van der Waals surface area contributed by atoms with Crippen molar-refractivity contribution in [2.75, 3.05) is 26.1 Å². The fourth-order valence-electron chi connectivity index (χ4n) is 2.46. The Morgan fingerprint density at radius 3 is 2.72 bits per heavy atom. The summed E-state index contributed by atoms with van der Waals surface area (Å²) in [5, 5.41) is 13.1. The SMILES string of the molecule is COc1ccc(CCNc2ncnc3sc(C(=O)O)cc23)cc1OC. The van der Waals surface area contributed by atoms with Gasteiger partial charge in [-0.15, -0.1) is 11.3 Å². The number of rotatable bonds is 7. The normalized spacial score (nSPS) is 10.6. The van der Waals surface area contributed by atoms with E-state index in [0.717, 1.165) is 28.7 Å². The second-order valence-electron chi connectivity index (χ2n) is 5.22. The van der Waals surface area contributed by atoms with E-state index in [9.17, 15) is 4.79 Å². The summed E-state index contributed by atoms with van der Waals surface area (Å²) in [7, 11) is 3.21. The number of nitrogens with zero attached hydrogens (tertiary/aromatic N) is 2. The fourth-order valence-corrected chi connectivity index (χ4v) is 3.30. The molecule has 8 heteroatoms. The molecule has 0 atom stereocenters. The fraction of sp³-hybridized carbons (Fsp3) is 0.235. The molecule has 0 bridgehead atoms. The van der Waals surface area contributed by atoms with Crippen LogP contribution in [-0.4, -0.2) is 41.8 Å². The molecule has 3 rings (SSSR count). The van der Waals surface area contributed by atoms with Gasteiger partial charge in [-0.2, -0.15) is 0 Å². The number of aromatic nitrogens is 2. The molecule has 0 saturated carbocycles. The Hall–Kier alpha value is -2.87. The maximum atomic E-state index is 11.1. The van der Waals surface area contributed by atoms with E-state index in [2.05, 4.69) is 15.3 Å². The molecule has 0 aliphatic rings. The van der Waals surface area contributed by atoms with E-state index < -0.39 is 5.97 Å². The third-order valence-electron chi connectivity index (χ3n) is 3.69. The van der Waals surface area contributed by atoms with Crippen molar-refractivity contribution in [1.29, 1.82) is 0 Å². The van der Waals surface area contributed by atoms with Gasteiger partial charge in [0.2, 0.25) is 0 Å². The molecule has 7 nitrogen and oxygen atoms in total. The molecule has 0 aliphatic carbocycles. The molecule has 0 spiro atoms. The number of carbonyl (C=O) groups is 1. The van der Waals surface area contributed by atoms with Gasteiger partial charge in [-0.1, -0.05) is 6.07 Å². The van der Waals surface area contributed by atoms with E-state index in [4.69, 9.17) is 14.6 Å². The minimum absolute atomic E-state index is 0.249. The van der Waals surface area contributed by atoms with Gasteiger partial charge in [-0.05, 0) is 30.2 Å². The number of fused-ring (bicyclic) bond motifs is 1. The Labute approximate surface area is 148 Å². The molecular weight excluding hydrogens is 342 g/mol. The number of hydrogen-bond acceptors (Lipinski definition) is 7.